The van der Waals surface area contributed by atoms with Gasteiger partial charge in [-0.25, -0.2) is 0 Å². The highest BCUT2D eigenvalue weighted by atomic mass is 35.5. The second-order valence-corrected chi connectivity index (χ2v) is 5.12. The zero-order valence-corrected chi connectivity index (χ0v) is 10.4. The molecule has 4 heteroatoms. The maximum Gasteiger partial charge on any atom is 0.307 e. The highest BCUT2D eigenvalue weighted by Gasteiger charge is 2.35. The van der Waals surface area contributed by atoms with E-state index in [4.69, 9.17) is 22.1 Å². The van der Waals surface area contributed by atoms with Crippen LogP contribution in [0.5, 0.6) is 0 Å². The smallest absolute Gasteiger partial charge is 0.307 e. The molecule has 1 aromatic rings. The maximum absolute atomic E-state index is 11.6. The van der Waals surface area contributed by atoms with Crippen molar-refractivity contribution >= 4 is 17.6 Å². The molecule has 17 heavy (non-hydrogen) atoms. The molecule has 1 fully saturated rings. The first-order chi connectivity index (χ1) is 8.07. The van der Waals surface area contributed by atoms with Gasteiger partial charge < -0.3 is 10.5 Å². The predicted molar refractivity (Wildman–Crippen MR) is 66.6 cm³/mol. The lowest BCUT2D eigenvalue weighted by Crippen LogP contribution is -2.48. The van der Waals surface area contributed by atoms with Crippen LogP contribution in [-0.2, 0) is 16.1 Å². The molecule has 0 bridgehead atoms. The van der Waals surface area contributed by atoms with Crippen molar-refractivity contribution in [2.24, 2.45) is 5.73 Å². The van der Waals surface area contributed by atoms with E-state index in [1.807, 2.05) is 12.1 Å². The average molecular weight is 254 g/mol. The van der Waals surface area contributed by atoms with Crippen LogP contribution in [0.15, 0.2) is 24.3 Å². The van der Waals surface area contributed by atoms with E-state index in [0.29, 0.717) is 11.4 Å². The highest BCUT2D eigenvalue weighted by molar-refractivity contribution is 6.30. The van der Waals surface area contributed by atoms with Crippen molar-refractivity contribution in [1.29, 1.82) is 0 Å². The number of carbonyl (C=O) groups is 1. The summed E-state index contributed by atoms with van der Waals surface area (Å²) in [6, 6.07) is 7.29. The van der Waals surface area contributed by atoms with Gasteiger partial charge in [0.25, 0.3) is 0 Å². The third-order valence-corrected chi connectivity index (χ3v) is 3.37. The largest absolute Gasteiger partial charge is 0.461 e. The zero-order chi connectivity index (χ0) is 12.3. The Morgan fingerprint density at radius 2 is 2.24 bits per heavy atom. The molecule has 0 atom stereocenters. The van der Waals surface area contributed by atoms with E-state index in [2.05, 4.69) is 0 Å². The van der Waals surface area contributed by atoms with Crippen molar-refractivity contribution in [3.63, 3.8) is 0 Å². The summed E-state index contributed by atoms with van der Waals surface area (Å²) in [6.07, 6.45) is 3.25. The Kier molecular flexibility index (Phi) is 3.69. The van der Waals surface area contributed by atoms with Crippen molar-refractivity contribution in [3.8, 4) is 0 Å². The van der Waals surface area contributed by atoms with Gasteiger partial charge in [-0.2, -0.15) is 0 Å². The lowest BCUT2D eigenvalue weighted by molar-refractivity contribution is -0.147. The molecular weight excluding hydrogens is 238 g/mol. The summed E-state index contributed by atoms with van der Waals surface area (Å²) in [7, 11) is 0. The van der Waals surface area contributed by atoms with Crippen LogP contribution in [0, 0.1) is 0 Å². The predicted octanol–water partition coefficient (Wildman–Crippen LogP) is 2.65. The maximum atomic E-state index is 11.6. The van der Waals surface area contributed by atoms with E-state index in [-0.39, 0.29) is 18.1 Å². The van der Waals surface area contributed by atoms with E-state index in [9.17, 15) is 4.79 Å². The molecule has 1 saturated carbocycles. The Morgan fingerprint density at radius 3 is 2.82 bits per heavy atom. The number of hydrogen-bond acceptors (Lipinski definition) is 3. The van der Waals surface area contributed by atoms with Gasteiger partial charge >= 0.3 is 5.97 Å². The number of esters is 1. The van der Waals surface area contributed by atoms with E-state index in [0.717, 1.165) is 24.8 Å². The fourth-order valence-electron chi connectivity index (χ4n) is 1.94. The Balaban J connectivity index is 1.80. The van der Waals surface area contributed by atoms with Gasteiger partial charge in [0, 0.05) is 10.6 Å². The van der Waals surface area contributed by atoms with Gasteiger partial charge in [0.1, 0.15) is 6.61 Å². The molecule has 1 aliphatic carbocycles. The van der Waals surface area contributed by atoms with Crippen LogP contribution in [0.1, 0.15) is 31.2 Å². The zero-order valence-electron chi connectivity index (χ0n) is 9.62. The lowest BCUT2D eigenvalue weighted by Gasteiger charge is -2.37. The number of rotatable bonds is 4. The molecule has 0 aliphatic heterocycles. The van der Waals surface area contributed by atoms with Crippen LogP contribution in [0.4, 0.5) is 0 Å². The van der Waals surface area contributed by atoms with Crippen molar-refractivity contribution in [2.75, 3.05) is 0 Å². The van der Waals surface area contributed by atoms with Gasteiger partial charge in [0.15, 0.2) is 0 Å². The van der Waals surface area contributed by atoms with Crippen LogP contribution in [-0.4, -0.2) is 11.5 Å². The minimum Gasteiger partial charge on any atom is -0.461 e. The van der Waals surface area contributed by atoms with Crippen molar-refractivity contribution in [2.45, 2.75) is 37.8 Å². The van der Waals surface area contributed by atoms with Crippen LogP contribution >= 0.6 is 11.6 Å². The molecule has 0 saturated heterocycles. The number of halogens is 1. The Labute approximate surface area is 106 Å². The standard InChI is InChI=1S/C13H16ClNO2/c14-11-4-1-3-10(7-11)9-17-12(16)8-13(15)5-2-6-13/h1,3-4,7H,2,5-6,8-9,15H2. The Bertz CT molecular complexity index is 416. The summed E-state index contributed by atoms with van der Waals surface area (Å²) in [4.78, 5) is 11.6. The minimum absolute atomic E-state index is 0.229. The normalized spacial score (nSPS) is 17.3. The molecule has 2 N–H and O–H groups in total. The molecule has 0 amide bonds. The number of carbonyl (C=O) groups excluding carboxylic acids is 1. The molecule has 1 aromatic carbocycles. The number of nitrogens with two attached hydrogens (primary N) is 1. The summed E-state index contributed by atoms with van der Waals surface area (Å²) in [5.41, 5.74) is 6.55. The Hall–Kier alpha value is -1.06. The Morgan fingerprint density at radius 1 is 1.47 bits per heavy atom. The average Bonchev–Trinajstić information content (AvgIpc) is 2.24. The van der Waals surface area contributed by atoms with Crippen LogP contribution in [0.2, 0.25) is 5.02 Å². The first-order valence-electron chi connectivity index (χ1n) is 5.76. The third-order valence-electron chi connectivity index (χ3n) is 3.13. The first kappa shape index (κ1) is 12.4. The lowest BCUT2D eigenvalue weighted by atomic mass is 9.75. The highest BCUT2D eigenvalue weighted by Crippen LogP contribution is 2.32. The minimum atomic E-state index is -0.314. The van der Waals surface area contributed by atoms with Crippen LogP contribution < -0.4 is 5.73 Å². The molecular formula is C13H16ClNO2. The summed E-state index contributed by atoms with van der Waals surface area (Å²) < 4.78 is 5.18. The fourth-order valence-corrected chi connectivity index (χ4v) is 2.15. The van der Waals surface area contributed by atoms with Gasteiger partial charge in [-0.1, -0.05) is 23.7 Å². The molecule has 0 radical (unpaired) electrons. The fraction of sp³-hybridized carbons (Fsp3) is 0.462. The van der Waals surface area contributed by atoms with Crippen molar-refractivity contribution in [3.05, 3.63) is 34.9 Å². The summed E-state index contributed by atoms with van der Waals surface area (Å²) in [5, 5.41) is 0.646. The molecule has 3 nitrogen and oxygen atoms in total. The van der Waals surface area contributed by atoms with Gasteiger partial charge in [-0.15, -0.1) is 0 Å². The summed E-state index contributed by atoms with van der Waals surface area (Å²) in [6.45, 7) is 0.259. The summed E-state index contributed by atoms with van der Waals surface area (Å²) >= 11 is 5.84. The van der Waals surface area contributed by atoms with Gasteiger partial charge in [0.2, 0.25) is 0 Å². The molecule has 92 valence electrons. The second kappa shape index (κ2) is 5.07. The van der Waals surface area contributed by atoms with Crippen LogP contribution in [0.25, 0.3) is 0 Å². The molecule has 0 aromatic heterocycles. The molecule has 0 unspecified atom stereocenters. The summed E-state index contributed by atoms with van der Waals surface area (Å²) in [5.74, 6) is -0.229. The molecule has 1 aliphatic rings. The van der Waals surface area contributed by atoms with E-state index in [1.54, 1.807) is 12.1 Å². The van der Waals surface area contributed by atoms with Crippen LogP contribution in [0.3, 0.4) is 0 Å². The van der Waals surface area contributed by atoms with E-state index >= 15 is 0 Å². The quantitative estimate of drug-likeness (QED) is 0.840. The van der Waals surface area contributed by atoms with Gasteiger partial charge in [0.05, 0.1) is 6.42 Å². The van der Waals surface area contributed by atoms with E-state index < -0.39 is 0 Å². The SMILES string of the molecule is NC1(CC(=O)OCc2cccc(Cl)c2)CCC1. The molecule has 2 rings (SSSR count). The number of hydrogen-bond donors (Lipinski definition) is 1. The van der Waals surface area contributed by atoms with Gasteiger partial charge in [-0.3, -0.25) is 4.79 Å². The third kappa shape index (κ3) is 3.45. The van der Waals surface area contributed by atoms with Crippen molar-refractivity contribution < 1.29 is 9.53 Å². The first-order valence-corrected chi connectivity index (χ1v) is 6.14. The molecule has 0 spiro atoms. The van der Waals surface area contributed by atoms with E-state index in [1.165, 1.54) is 0 Å². The number of ether oxygens (including phenoxy) is 1. The molecule has 0 heterocycles. The number of benzene rings is 1. The van der Waals surface area contributed by atoms with Crippen molar-refractivity contribution in [1.82, 2.24) is 0 Å². The second-order valence-electron chi connectivity index (χ2n) is 4.68. The van der Waals surface area contributed by atoms with Gasteiger partial charge in [-0.05, 0) is 37.0 Å². The topological polar surface area (TPSA) is 52.3 Å². The monoisotopic (exact) mass is 253 g/mol.